The summed E-state index contributed by atoms with van der Waals surface area (Å²) in [5.74, 6) is -0.420. The van der Waals surface area contributed by atoms with E-state index in [9.17, 15) is 14.5 Å². The van der Waals surface area contributed by atoms with Crippen LogP contribution >= 0.6 is 12.4 Å². The Hall–Kier alpha value is -1.40. The van der Waals surface area contributed by atoms with Crippen molar-refractivity contribution in [1.82, 2.24) is 0 Å². The summed E-state index contributed by atoms with van der Waals surface area (Å²) in [7, 11) is 0. The van der Waals surface area contributed by atoms with Crippen LogP contribution in [0.3, 0.4) is 0 Å². The van der Waals surface area contributed by atoms with Crippen LogP contribution < -0.4 is 5.73 Å². The van der Waals surface area contributed by atoms with Crippen LogP contribution in [-0.4, -0.2) is 16.7 Å². The van der Waals surface area contributed by atoms with Crippen molar-refractivity contribution in [2.45, 2.75) is 12.5 Å². The molecular formula is C9H12ClFN2O3. The molecule has 0 spiro atoms. The Morgan fingerprint density at radius 2 is 2.19 bits per heavy atom. The molecule has 0 bridgehead atoms. The van der Waals surface area contributed by atoms with Crippen LogP contribution in [0.2, 0.25) is 0 Å². The quantitative estimate of drug-likeness (QED) is 0.632. The molecule has 16 heavy (non-hydrogen) atoms. The third-order valence-corrected chi connectivity index (χ3v) is 2.04. The number of rotatable bonds is 4. The molecule has 0 radical (unpaired) electrons. The zero-order valence-electron chi connectivity index (χ0n) is 8.30. The van der Waals surface area contributed by atoms with Gasteiger partial charge in [-0.3, -0.25) is 14.5 Å². The van der Waals surface area contributed by atoms with Crippen molar-refractivity contribution in [2.75, 3.05) is 6.67 Å². The largest absolute Gasteiger partial charge is 0.502 e. The fourth-order valence-corrected chi connectivity index (χ4v) is 1.20. The first kappa shape index (κ1) is 14.6. The van der Waals surface area contributed by atoms with Crippen LogP contribution in [-0.2, 0) is 0 Å². The molecule has 1 rings (SSSR count). The molecule has 7 heteroatoms. The number of phenolic OH excluding ortho intramolecular Hbond substituents is 1. The van der Waals surface area contributed by atoms with Gasteiger partial charge in [0.05, 0.1) is 11.6 Å². The second-order valence-corrected chi connectivity index (χ2v) is 3.09. The van der Waals surface area contributed by atoms with Crippen LogP contribution in [0.1, 0.15) is 18.0 Å². The lowest BCUT2D eigenvalue weighted by atomic mass is 10.0. The van der Waals surface area contributed by atoms with Gasteiger partial charge < -0.3 is 10.8 Å². The monoisotopic (exact) mass is 250 g/mol. The number of phenols is 1. The van der Waals surface area contributed by atoms with Crippen LogP contribution in [0.5, 0.6) is 5.75 Å². The van der Waals surface area contributed by atoms with Gasteiger partial charge in [0.25, 0.3) is 0 Å². The van der Waals surface area contributed by atoms with E-state index >= 15 is 0 Å². The Morgan fingerprint density at radius 3 is 2.69 bits per heavy atom. The van der Waals surface area contributed by atoms with E-state index in [4.69, 9.17) is 10.8 Å². The Morgan fingerprint density at radius 1 is 1.56 bits per heavy atom. The standard InChI is InChI=1S/C9H11FN2O3.ClH/c10-4-3-7(11)6-1-2-9(13)8(5-6)12(14)15;/h1-2,5,7,13H,3-4,11H2;1H/t7-;/m1./s1. The maximum absolute atomic E-state index is 12.0. The fraction of sp³-hybridized carbons (Fsp3) is 0.333. The number of halogens is 2. The number of nitro benzene ring substituents is 1. The topological polar surface area (TPSA) is 89.4 Å². The van der Waals surface area contributed by atoms with Gasteiger partial charge in [0.1, 0.15) is 0 Å². The summed E-state index contributed by atoms with van der Waals surface area (Å²) >= 11 is 0. The highest BCUT2D eigenvalue weighted by atomic mass is 35.5. The van der Waals surface area contributed by atoms with Gasteiger partial charge in [0.15, 0.2) is 5.75 Å². The van der Waals surface area contributed by atoms with Crippen LogP contribution in [0.15, 0.2) is 18.2 Å². The molecule has 90 valence electrons. The number of nitrogens with two attached hydrogens (primary N) is 1. The lowest BCUT2D eigenvalue weighted by molar-refractivity contribution is -0.385. The van der Waals surface area contributed by atoms with Crippen molar-refractivity contribution in [3.8, 4) is 5.75 Å². The minimum Gasteiger partial charge on any atom is -0.502 e. The molecule has 1 atom stereocenters. The molecule has 0 fully saturated rings. The number of nitrogens with zero attached hydrogens (tertiary/aromatic N) is 1. The van der Waals surface area contributed by atoms with Crippen molar-refractivity contribution in [3.05, 3.63) is 33.9 Å². The minimum atomic E-state index is -0.707. The Kier molecular flexibility index (Phi) is 5.69. The molecule has 0 aromatic heterocycles. The van der Waals surface area contributed by atoms with Gasteiger partial charge in [-0.25, -0.2) is 0 Å². The van der Waals surface area contributed by atoms with E-state index in [2.05, 4.69) is 0 Å². The fourth-order valence-electron chi connectivity index (χ4n) is 1.20. The summed E-state index contributed by atoms with van der Waals surface area (Å²) in [6, 6.07) is 3.21. The number of nitro groups is 1. The van der Waals surface area contributed by atoms with Gasteiger partial charge in [-0.15, -0.1) is 12.4 Å². The molecule has 0 saturated heterocycles. The smallest absolute Gasteiger partial charge is 0.311 e. The van der Waals surface area contributed by atoms with Crippen LogP contribution in [0.25, 0.3) is 0 Å². The van der Waals surface area contributed by atoms with Crippen molar-refractivity contribution >= 4 is 18.1 Å². The van der Waals surface area contributed by atoms with E-state index < -0.39 is 29.1 Å². The van der Waals surface area contributed by atoms with Gasteiger partial charge in [-0.2, -0.15) is 0 Å². The summed E-state index contributed by atoms with van der Waals surface area (Å²) in [4.78, 5) is 9.78. The third-order valence-electron chi connectivity index (χ3n) is 2.04. The van der Waals surface area contributed by atoms with Gasteiger partial charge in [-0.05, 0) is 18.1 Å². The number of benzene rings is 1. The van der Waals surface area contributed by atoms with Crippen molar-refractivity contribution in [3.63, 3.8) is 0 Å². The first-order valence-electron chi connectivity index (χ1n) is 4.35. The van der Waals surface area contributed by atoms with E-state index in [0.717, 1.165) is 6.07 Å². The normalized spacial score (nSPS) is 11.6. The predicted octanol–water partition coefficient (Wildman–Crippen LogP) is 2.08. The summed E-state index contributed by atoms with van der Waals surface area (Å²) < 4.78 is 12.0. The molecule has 1 aromatic carbocycles. The zero-order chi connectivity index (χ0) is 11.4. The Bertz CT molecular complexity index is 376. The van der Waals surface area contributed by atoms with E-state index in [1.165, 1.54) is 12.1 Å². The maximum Gasteiger partial charge on any atom is 0.311 e. The van der Waals surface area contributed by atoms with Crippen LogP contribution in [0, 0.1) is 10.1 Å². The average molecular weight is 251 g/mol. The molecule has 0 aliphatic heterocycles. The van der Waals surface area contributed by atoms with Crippen molar-refractivity contribution < 1.29 is 14.4 Å². The summed E-state index contributed by atoms with van der Waals surface area (Å²) in [5, 5.41) is 19.6. The van der Waals surface area contributed by atoms with Gasteiger partial charge in [0.2, 0.25) is 0 Å². The molecule has 3 N–H and O–H groups in total. The average Bonchev–Trinajstić information content (AvgIpc) is 2.18. The molecule has 0 amide bonds. The maximum atomic E-state index is 12.0. The summed E-state index contributed by atoms with van der Waals surface area (Å²) in [6.45, 7) is -0.587. The molecule has 0 saturated carbocycles. The third kappa shape index (κ3) is 3.32. The molecule has 0 aliphatic carbocycles. The van der Waals surface area contributed by atoms with Crippen molar-refractivity contribution in [2.24, 2.45) is 5.73 Å². The first-order chi connectivity index (χ1) is 7.06. The van der Waals surface area contributed by atoms with Gasteiger partial charge in [0, 0.05) is 12.1 Å². The highest BCUT2D eigenvalue weighted by molar-refractivity contribution is 5.85. The molecule has 5 nitrogen and oxygen atoms in total. The molecule has 0 aliphatic rings. The number of hydrogen-bond donors (Lipinski definition) is 2. The highest BCUT2D eigenvalue weighted by Gasteiger charge is 2.16. The number of aromatic hydroxyl groups is 1. The number of hydrogen-bond acceptors (Lipinski definition) is 4. The zero-order valence-corrected chi connectivity index (χ0v) is 9.11. The first-order valence-corrected chi connectivity index (χ1v) is 4.35. The van der Waals surface area contributed by atoms with Crippen molar-refractivity contribution in [1.29, 1.82) is 0 Å². The van der Waals surface area contributed by atoms with Gasteiger partial charge in [-0.1, -0.05) is 6.07 Å². The van der Waals surface area contributed by atoms with Crippen LogP contribution in [0.4, 0.5) is 10.1 Å². The highest BCUT2D eigenvalue weighted by Crippen LogP contribution is 2.28. The van der Waals surface area contributed by atoms with E-state index in [1.807, 2.05) is 0 Å². The SMILES string of the molecule is Cl.N[C@H](CCF)c1ccc(O)c([N+](=O)[O-])c1. The van der Waals surface area contributed by atoms with E-state index in [-0.39, 0.29) is 18.8 Å². The lowest BCUT2D eigenvalue weighted by Gasteiger charge is -2.09. The van der Waals surface area contributed by atoms with E-state index in [0.29, 0.717) is 5.56 Å². The second-order valence-electron chi connectivity index (χ2n) is 3.09. The summed E-state index contributed by atoms with van der Waals surface area (Å²) in [5.41, 5.74) is 5.61. The Labute approximate surface area is 97.6 Å². The molecule has 1 aromatic rings. The minimum absolute atomic E-state index is 0. The predicted molar refractivity (Wildman–Crippen MR) is 59.5 cm³/mol. The number of alkyl halides is 1. The summed E-state index contributed by atoms with van der Waals surface area (Å²) in [6.07, 6.45) is 0.0991. The lowest BCUT2D eigenvalue weighted by Crippen LogP contribution is -2.11. The molecule has 0 unspecified atom stereocenters. The van der Waals surface area contributed by atoms with E-state index in [1.54, 1.807) is 0 Å². The molecular weight excluding hydrogens is 239 g/mol. The van der Waals surface area contributed by atoms with Gasteiger partial charge >= 0.3 is 5.69 Å². The Balaban J connectivity index is 0.00000225. The second kappa shape index (κ2) is 6.24. The molecule has 0 heterocycles.